The van der Waals surface area contributed by atoms with Crippen molar-refractivity contribution in [3.63, 3.8) is 0 Å². The Bertz CT molecular complexity index is 586. The van der Waals surface area contributed by atoms with Crippen molar-refractivity contribution >= 4 is 34.8 Å². The summed E-state index contributed by atoms with van der Waals surface area (Å²) in [4.78, 5) is 0. The molecule has 2 aromatic rings. The third-order valence-electron chi connectivity index (χ3n) is 2.59. The SMILES string of the molecule is NC(c1ccc(Cl)cc1Cl)c1cc(F)ccc1Cl. The molecule has 0 radical (unpaired) electrons. The molecule has 0 aliphatic heterocycles. The van der Waals surface area contributed by atoms with Gasteiger partial charge < -0.3 is 5.73 Å². The molecule has 0 aromatic heterocycles. The van der Waals surface area contributed by atoms with E-state index >= 15 is 0 Å². The number of halogens is 4. The zero-order valence-corrected chi connectivity index (χ0v) is 11.4. The van der Waals surface area contributed by atoms with E-state index in [1.807, 2.05) is 0 Å². The van der Waals surface area contributed by atoms with Crippen molar-refractivity contribution in [3.05, 3.63) is 68.4 Å². The normalized spacial score (nSPS) is 12.5. The van der Waals surface area contributed by atoms with Crippen molar-refractivity contribution in [2.24, 2.45) is 5.73 Å². The highest BCUT2D eigenvalue weighted by molar-refractivity contribution is 6.35. The van der Waals surface area contributed by atoms with Gasteiger partial charge in [-0.1, -0.05) is 40.9 Å². The molecule has 0 amide bonds. The van der Waals surface area contributed by atoms with Crippen LogP contribution in [0.4, 0.5) is 4.39 Å². The maximum atomic E-state index is 13.2. The fourth-order valence-electron chi connectivity index (χ4n) is 1.67. The van der Waals surface area contributed by atoms with Crippen LogP contribution in [0.3, 0.4) is 0 Å². The molecule has 0 heterocycles. The molecule has 2 N–H and O–H groups in total. The summed E-state index contributed by atoms with van der Waals surface area (Å²) in [6, 6.07) is 8.42. The topological polar surface area (TPSA) is 26.0 Å². The van der Waals surface area contributed by atoms with E-state index in [0.29, 0.717) is 26.2 Å². The lowest BCUT2D eigenvalue weighted by atomic mass is 9.99. The summed E-state index contributed by atoms with van der Waals surface area (Å²) in [5.41, 5.74) is 7.19. The smallest absolute Gasteiger partial charge is 0.123 e. The van der Waals surface area contributed by atoms with E-state index in [1.165, 1.54) is 18.2 Å². The molecule has 5 heteroatoms. The van der Waals surface area contributed by atoms with E-state index in [9.17, 15) is 4.39 Å². The fourth-order valence-corrected chi connectivity index (χ4v) is 2.44. The van der Waals surface area contributed by atoms with Crippen LogP contribution in [-0.4, -0.2) is 0 Å². The first kappa shape index (κ1) is 13.6. The van der Waals surface area contributed by atoms with Gasteiger partial charge in [0.15, 0.2) is 0 Å². The van der Waals surface area contributed by atoms with Crippen LogP contribution in [0.2, 0.25) is 15.1 Å². The van der Waals surface area contributed by atoms with E-state index in [2.05, 4.69) is 0 Å². The molecule has 0 saturated heterocycles. The first-order chi connectivity index (χ1) is 8.49. The van der Waals surface area contributed by atoms with Crippen LogP contribution in [0.25, 0.3) is 0 Å². The summed E-state index contributed by atoms with van der Waals surface area (Å²) in [6.45, 7) is 0. The summed E-state index contributed by atoms with van der Waals surface area (Å²) < 4.78 is 13.2. The van der Waals surface area contributed by atoms with Gasteiger partial charge in [-0.3, -0.25) is 0 Å². The highest BCUT2D eigenvalue weighted by Gasteiger charge is 2.16. The Morgan fingerprint density at radius 3 is 2.28 bits per heavy atom. The Balaban J connectivity index is 2.47. The molecule has 94 valence electrons. The molecule has 2 rings (SSSR count). The Kier molecular flexibility index (Phi) is 4.13. The van der Waals surface area contributed by atoms with Gasteiger partial charge in [0.05, 0.1) is 6.04 Å². The molecule has 1 unspecified atom stereocenters. The molecule has 0 aliphatic rings. The van der Waals surface area contributed by atoms with Crippen LogP contribution in [0.5, 0.6) is 0 Å². The van der Waals surface area contributed by atoms with Gasteiger partial charge in [0, 0.05) is 15.1 Å². The molecule has 18 heavy (non-hydrogen) atoms. The zero-order valence-electron chi connectivity index (χ0n) is 9.13. The minimum absolute atomic E-state index is 0.394. The van der Waals surface area contributed by atoms with E-state index in [1.54, 1.807) is 18.2 Å². The summed E-state index contributed by atoms with van der Waals surface area (Å²) >= 11 is 17.9. The Morgan fingerprint density at radius 2 is 1.61 bits per heavy atom. The van der Waals surface area contributed by atoms with Gasteiger partial charge in [0.1, 0.15) is 5.82 Å². The number of nitrogens with two attached hydrogens (primary N) is 1. The monoisotopic (exact) mass is 303 g/mol. The molecule has 1 atom stereocenters. The van der Waals surface area contributed by atoms with Crippen LogP contribution >= 0.6 is 34.8 Å². The van der Waals surface area contributed by atoms with Crippen LogP contribution in [0, 0.1) is 5.82 Å². The highest BCUT2D eigenvalue weighted by atomic mass is 35.5. The molecule has 0 bridgehead atoms. The van der Waals surface area contributed by atoms with Crippen molar-refractivity contribution in [1.29, 1.82) is 0 Å². The van der Waals surface area contributed by atoms with E-state index in [-0.39, 0.29) is 0 Å². The Morgan fingerprint density at radius 1 is 0.889 bits per heavy atom. The third kappa shape index (κ3) is 2.78. The predicted octanol–water partition coefficient (Wildman–Crippen LogP) is 4.83. The average molecular weight is 305 g/mol. The summed E-state index contributed by atoms with van der Waals surface area (Å²) in [6.07, 6.45) is 0. The van der Waals surface area contributed by atoms with Gasteiger partial charge in [-0.2, -0.15) is 0 Å². The van der Waals surface area contributed by atoms with Gasteiger partial charge in [-0.25, -0.2) is 4.39 Å². The second-order valence-corrected chi connectivity index (χ2v) is 5.06. The van der Waals surface area contributed by atoms with Crippen LogP contribution in [-0.2, 0) is 0 Å². The van der Waals surface area contributed by atoms with Crippen molar-refractivity contribution in [2.45, 2.75) is 6.04 Å². The molecular weight excluding hydrogens is 296 g/mol. The maximum Gasteiger partial charge on any atom is 0.123 e. The minimum atomic E-state index is -0.599. The first-order valence-corrected chi connectivity index (χ1v) is 6.28. The van der Waals surface area contributed by atoms with Crippen molar-refractivity contribution in [2.75, 3.05) is 0 Å². The van der Waals surface area contributed by atoms with Crippen molar-refractivity contribution in [1.82, 2.24) is 0 Å². The lowest BCUT2D eigenvalue weighted by molar-refractivity contribution is 0.623. The number of hydrogen-bond donors (Lipinski definition) is 1. The van der Waals surface area contributed by atoms with Crippen molar-refractivity contribution < 1.29 is 4.39 Å². The van der Waals surface area contributed by atoms with Gasteiger partial charge >= 0.3 is 0 Å². The minimum Gasteiger partial charge on any atom is -0.320 e. The fraction of sp³-hybridized carbons (Fsp3) is 0.0769. The third-order valence-corrected chi connectivity index (χ3v) is 3.50. The second-order valence-electron chi connectivity index (χ2n) is 3.81. The number of rotatable bonds is 2. The van der Waals surface area contributed by atoms with Gasteiger partial charge in [-0.05, 0) is 41.5 Å². The van der Waals surface area contributed by atoms with Gasteiger partial charge in [0.25, 0.3) is 0 Å². The van der Waals surface area contributed by atoms with Crippen LogP contribution in [0.15, 0.2) is 36.4 Å². The maximum absolute atomic E-state index is 13.2. The van der Waals surface area contributed by atoms with Gasteiger partial charge in [-0.15, -0.1) is 0 Å². The number of hydrogen-bond acceptors (Lipinski definition) is 1. The van der Waals surface area contributed by atoms with Gasteiger partial charge in [0.2, 0.25) is 0 Å². The second kappa shape index (κ2) is 5.45. The van der Waals surface area contributed by atoms with E-state index in [4.69, 9.17) is 40.5 Å². The quantitative estimate of drug-likeness (QED) is 0.844. The Labute approximate surface area is 119 Å². The highest BCUT2D eigenvalue weighted by Crippen LogP contribution is 2.32. The predicted molar refractivity (Wildman–Crippen MR) is 73.9 cm³/mol. The van der Waals surface area contributed by atoms with Crippen molar-refractivity contribution in [3.8, 4) is 0 Å². The number of benzene rings is 2. The largest absolute Gasteiger partial charge is 0.320 e. The zero-order chi connectivity index (χ0) is 13.3. The molecule has 0 fully saturated rings. The molecule has 0 aliphatic carbocycles. The van der Waals surface area contributed by atoms with Crippen LogP contribution < -0.4 is 5.73 Å². The summed E-state index contributed by atoms with van der Waals surface area (Å²) in [5.74, 6) is -0.394. The standard InChI is InChI=1S/C13H9Cl3FN/c14-7-1-3-9(12(16)5-7)13(18)10-6-8(17)2-4-11(10)15/h1-6,13H,18H2. The summed E-state index contributed by atoms with van der Waals surface area (Å²) in [5, 5.41) is 1.34. The van der Waals surface area contributed by atoms with E-state index in [0.717, 1.165) is 0 Å². The molecule has 1 nitrogen and oxygen atoms in total. The molecule has 0 spiro atoms. The lowest BCUT2D eigenvalue weighted by Gasteiger charge is -2.16. The average Bonchev–Trinajstić information content (AvgIpc) is 2.31. The molecule has 2 aromatic carbocycles. The molecular formula is C13H9Cl3FN. The van der Waals surface area contributed by atoms with Crippen LogP contribution in [0.1, 0.15) is 17.2 Å². The summed E-state index contributed by atoms with van der Waals surface area (Å²) in [7, 11) is 0. The lowest BCUT2D eigenvalue weighted by Crippen LogP contribution is -2.13. The first-order valence-electron chi connectivity index (χ1n) is 5.14. The van der Waals surface area contributed by atoms with E-state index < -0.39 is 11.9 Å². The Hall–Kier alpha value is -0.800. The molecule has 0 saturated carbocycles.